The fourth-order valence-electron chi connectivity index (χ4n) is 2.55. The van der Waals surface area contributed by atoms with E-state index < -0.39 is 0 Å². The van der Waals surface area contributed by atoms with Gasteiger partial charge in [0, 0.05) is 53.2 Å². The smallest absolute Gasteiger partial charge is 0.220 e. The molecule has 21 heavy (non-hydrogen) atoms. The highest BCUT2D eigenvalue weighted by atomic mass is 16.5. The molecule has 1 fully saturated rings. The summed E-state index contributed by atoms with van der Waals surface area (Å²) in [4.78, 5) is 24.8. The van der Waals surface area contributed by atoms with E-state index in [4.69, 9.17) is 4.74 Å². The van der Waals surface area contributed by atoms with E-state index in [1.54, 1.807) is 14.0 Å². The van der Waals surface area contributed by atoms with Crippen LogP contribution in [0.1, 0.15) is 32.6 Å². The molecule has 0 aromatic carbocycles. The Hall–Kier alpha value is -1.14. The predicted molar refractivity (Wildman–Crippen MR) is 82.0 cm³/mol. The van der Waals surface area contributed by atoms with E-state index in [2.05, 4.69) is 10.6 Å². The van der Waals surface area contributed by atoms with Crippen LogP contribution in [0.4, 0.5) is 0 Å². The largest absolute Gasteiger partial charge is 0.383 e. The van der Waals surface area contributed by atoms with Gasteiger partial charge in [0.1, 0.15) is 0 Å². The second kappa shape index (κ2) is 10.6. The maximum absolute atomic E-state index is 11.7. The summed E-state index contributed by atoms with van der Waals surface area (Å²) in [6.45, 7) is 6.22. The first-order valence-corrected chi connectivity index (χ1v) is 7.85. The molecular weight excluding hydrogens is 270 g/mol. The molecule has 0 saturated carbocycles. The second-order valence-corrected chi connectivity index (χ2v) is 5.58. The lowest BCUT2D eigenvalue weighted by Gasteiger charge is -2.31. The first-order chi connectivity index (χ1) is 10.1. The van der Waals surface area contributed by atoms with Crippen molar-refractivity contribution >= 4 is 11.8 Å². The number of methoxy groups -OCH3 is 1. The monoisotopic (exact) mass is 299 g/mol. The van der Waals surface area contributed by atoms with E-state index in [1.165, 1.54) is 0 Å². The molecule has 1 saturated heterocycles. The second-order valence-electron chi connectivity index (χ2n) is 5.58. The van der Waals surface area contributed by atoms with Crippen molar-refractivity contribution in [2.75, 3.05) is 46.4 Å². The standard InChI is InChI=1S/C15H29N3O3/c1-13(19)18-10-5-14(6-11-18)3-4-15(20)17-8-7-16-9-12-21-2/h14,16H,3-12H2,1-2H3,(H,17,20). The van der Waals surface area contributed by atoms with Crippen molar-refractivity contribution in [1.82, 2.24) is 15.5 Å². The molecule has 2 N–H and O–H groups in total. The molecule has 0 atom stereocenters. The van der Waals surface area contributed by atoms with E-state index >= 15 is 0 Å². The average molecular weight is 299 g/mol. The molecule has 1 rings (SSSR count). The zero-order chi connectivity index (χ0) is 15.5. The predicted octanol–water partition coefficient (Wildman–Crippen LogP) is 0.377. The quantitative estimate of drug-likeness (QED) is 0.604. The van der Waals surface area contributed by atoms with Crippen molar-refractivity contribution in [3.63, 3.8) is 0 Å². The highest BCUT2D eigenvalue weighted by molar-refractivity contribution is 5.75. The molecule has 0 aromatic rings. The molecule has 0 aromatic heterocycles. The Morgan fingerprint density at radius 1 is 1.19 bits per heavy atom. The minimum absolute atomic E-state index is 0.123. The number of amides is 2. The molecule has 0 aliphatic carbocycles. The summed E-state index contributed by atoms with van der Waals surface area (Å²) < 4.78 is 4.92. The van der Waals surface area contributed by atoms with Gasteiger partial charge in [-0.05, 0) is 25.2 Å². The highest BCUT2D eigenvalue weighted by Gasteiger charge is 2.20. The third-order valence-electron chi connectivity index (χ3n) is 3.95. The minimum atomic E-state index is 0.123. The van der Waals surface area contributed by atoms with Crippen LogP contribution in [0.25, 0.3) is 0 Å². The Bertz CT molecular complexity index is 315. The summed E-state index contributed by atoms with van der Waals surface area (Å²) in [6.07, 6.45) is 3.55. The molecule has 0 bridgehead atoms. The zero-order valence-electron chi connectivity index (χ0n) is 13.3. The van der Waals surface area contributed by atoms with Gasteiger partial charge >= 0.3 is 0 Å². The Balaban J connectivity index is 1.99. The van der Waals surface area contributed by atoms with Crippen molar-refractivity contribution in [3.05, 3.63) is 0 Å². The maximum Gasteiger partial charge on any atom is 0.220 e. The number of hydrogen-bond donors (Lipinski definition) is 2. The van der Waals surface area contributed by atoms with E-state index in [9.17, 15) is 9.59 Å². The van der Waals surface area contributed by atoms with E-state index in [-0.39, 0.29) is 11.8 Å². The van der Waals surface area contributed by atoms with Crippen molar-refractivity contribution < 1.29 is 14.3 Å². The van der Waals surface area contributed by atoms with Crippen molar-refractivity contribution in [3.8, 4) is 0 Å². The van der Waals surface area contributed by atoms with E-state index in [1.807, 2.05) is 4.90 Å². The van der Waals surface area contributed by atoms with Gasteiger partial charge in [-0.15, -0.1) is 0 Å². The zero-order valence-corrected chi connectivity index (χ0v) is 13.3. The first kappa shape index (κ1) is 17.9. The van der Waals surface area contributed by atoms with Gasteiger partial charge in [0.15, 0.2) is 0 Å². The Labute approximate surface area is 127 Å². The summed E-state index contributed by atoms with van der Waals surface area (Å²) in [5.41, 5.74) is 0. The maximum atomic E-state index is 11.7. The fraction of sp³-hybridized carbons (Fsp3) is 0.867. The molecule has 0 unspecified atom stereocenters. The van der Waals surface area contributed by atoms with Crippen LogP contribution in [0.15, 0.2) is 0 Å². The van der Waals surface area contributed by atoms with Gasteiger partial charge in [-0.25, -0.2) is 0 Å². The Morgan fingerprint density at radius 2 is 1.90 bits per heavy atom. The molecule has 122 valence electrons. The van der Waals surface area contributed by atoms with Gasteiger partial charge in [0.25, 0.3) is 0 Å². The molecule has 1 heterocycles. The van der Waals surface area contributed by atoms with Crippen molar-refractivity contribution in [1.29, 1.82) is 0 Å². The van der Waals surface area contributed by atoms with Crippen molar-refractivity contribution in [2.45, 2.75) is 32.6 Å². The van der Waals surface area contributed by atoms with Crippen LogP contribution in [0.5, 0.6) is 0 Å². The van der Waals surface area contributed by atoms with Crippen LogP contribution in [0.3, 0.4) is 0 Å². The highest BCUT2D eigenvalue weighted by Crippen LogP contribution is 2.21. The SMILES string of the molecule is COCCNCCNC(=O)CCC1CCN(C(C)=O)CC1. The summed E-state index contributed by atoms with van der Waals surface area (Å²) in [5, 5.41) is 6.10. The lowest BCUT2D eigenvalue weighted by Crippen LogP contribution is -2.37. The third-order valence-corrected chi connectivity index (χ3v) is 3.95. The minimum Gasteiger partial charge on any atom is -0.383 e. The summed E-state index contributed by atoms with van der Waals surface area (Å²) in [6, 6.07) is 0. The number of nitrogens with one attached hydrogen (secondary N) is 2. The molecule has 6 nitrogen and oxygen atoms in total. The van der Waals surface area contributed by atoms with E-state index in [0.717, 1.165) is 45.4 Å². The molecular formula is C15H29N3O3. The number of hydrogen-bond acceptors (Lipinski definition) is 4. The van der Waals surface area contributed by atoms with Gasteiger partial charge in [-0.1, -0.05) is 0 Å². The van der Waals surface area contributed by atoms with Crippen LogP contribution in [-0.4, -0.2) is 63.2 Å². The van der Waals surface area contributed by atoms with Crippen LogP contribution in [0, 0.1) is 5.92 Å². The molecule has 2 amide bonds. The molecule has 1 aliphatic heterocycles. The van der Waals surface area contributed by atoms with Crippen LogP contribution >= 0.6 is 0 Å². The van der Waals surface area contributed by atoms with Crippen LogP contribution in [0.2, 0.25) is 0 Å². The van der Waals surface area contributed by atoms with E-state index in [0.29, 0.717) is 25.5 Å². The summed E-state index contributed by atoms with van der Waals surface area (Å²) in [7, 11) is 1.67. The Kier molecular flexibility index (Phi) is 9.01. The van der Waals surface area contributed by atoms with Gasteiger partial charge in [-0.2, -0.15) is 0 Å². The molecule has 0 spiro atoms. The van der Waals surface area contributed by atoms with Gasteiger partial charge < -0.3 is 20.3 Å². The molecule has 6 heteroatoms. The third kappa shape index (κ3) is 8.02. The van der Waals surface area contributed by atoms with Crippen molar-refractivity contribution in [2.24, 2.45) is 5.92 Å². The van der Waals surface area contributed by atoms with Gasteiger partial charge in [0.2, 0.25) is 11.8 Å². The lowest BCUT2D eigenvalue weighted by atomic mass is 9.92. The number of ether oxygens (including phenoxy) is 1. The van der Waals surface area contributed by atoms with Crippen LogP contribution in [-0.2, 0) is 14.3 Å². The lowest BCUT2D eigenvalue weighted by molar-refractivity contribution is -0.130. The molecule has 1 aliphatic rings. The first-order valence-electron chi connectivity index (χ1n) is 7.85. The topological polar surface area (TPSA) is 70.7 Å². The van der Waals surface area contributed by atoms with Crippen LogP contribution < -0.4 is 10.6 Å². The number of rotatable bonds is 9. The Morgan fingerprint density at radius 3 is 2.52 bits per heavy atom. The molecule has 0 radical (unpaired) electrons. The fourth-order valence-corrected chi connectivity index (χ4v) is 2.55. The summed E-state index contributed by atoms with van der Waals surface area (Å²) >= 11 is 0. The number of carbonyl (C=O) groups is 2. The number of carbonyl (C=O) groups excluding carboxylic acids is 2. The number of likely N-dealkylation sites (tertiary alicyclic amines) is 1. The number of piperidine rings is 1. The van der Waals surface area contributed by atoms with Gasteiger partial charge in [0.05, 0.1) is 6.61 Å². The van der Waals surface area contributed by atoms with Gasteiger partial charge in [-0.3, -0.25) is 9.59 Å². The summed E-state index contributed by atoms with van der Waals surface area (Å²) in [5.74, 6) is 0.857. The average Bonchev–Trinajstić information content (AvgIpc) is 2.49. The number of nitrogens with zero attached hydrogens (tertiary/aromatic N) is 1. The normalized spacial score (nSPS) is 16.0.